The third-order valence-electron chi connectivity index (χ3n) is 2.81. The zero-order valence-electron chi connectivity index (χ0n) is 11.9. The summed E-state index contributed by atoms with van der Waals surface area (Å²) in [5, 5.41) is 29.5. The maximum atomic E-state index is 11.5. The van der Waals surface area contributed by atoms with E-state index in [1.165, 1.54) is 24.0 Å². The van der Waals surface area contributed by atoms with Gasteiger partial charge in [-0.25, -0.2) is 4.79 Å². The number of carboxylic acids is 1. The Morgan fingerprint density at radius 2 is 1.83 bits per heavy atom. The summed E-state index contributed by atoms with van der Waals surface area (Å²) in [5.74, 6) is -1.04. The molecule has 0 bridgehead atoms. The van der Waals surface area contributed by atoms with Gasteiger partial charge in [-0.2, -0.15) is 10.5 Å². The second kappa shape index (κ2) is 7.69. The van der Waals surface area contributed by atoms with Crippen LogP contribution in [0.5, 0.6) is 0 Å². The van der Waals surface area contributed by atoms with Crippen molar-refractivity contribution in [2.75, 3.05) is 5.32 Å². The average Bonchev–Trinajstić information content (AvgIpc) is 2.57. The number of hydrogen-bond acceptors (Lipinski definition) is 5. The first kappa shape index (κ1) is 16.2. The molecule has 0 atom stereocenters. The van der Waals surface area contributed by atoms with Crippen molar-refractivity contribution in [3.63, 3.8) is 0 Å². The monoisotopic (exact) mass is 321 g/mol. The Labute approximate surface area is 137 Å². The molecule has 0 saturated carbocycles. The summed E-state index contributed by atoms with van der Waals surface area (Å²) < 4.78 is 0. The van der Waals surface area contributed by atoms with Gasteiger partial charge in [-0.1, -0.05) is 30.0 Å². The SMILES string of the molecule is N#CC(C#N)=CNc1ccc(Sc2ccccc2)c(C(=O)O)c1. The van der Waals surface area contributed by atoms with Crippen LogP contribution in [0.25, 0.3) is 0 Å². The van der Waals surface area contributed by atoms with E-state index >= 15 is 0 Å². The molecule has 5 nitrogen and oxygen atoms in total. The number of aromatic carboxylic acids is 1. The quantitative estimate of drug-likeness (QED) is 0.811. The Balaban J connectivity index is 2.29. The fourth-order valence-corrected chi connectivity index (χ4v) is 2.68. The van der Waals surface area contributed by atoms with Crippen molar-refractivity contribution in [2.24, 2.45) is 0 Å². The molecule has 0 aromatic heterocycles. The Kier molecular flexibility index (Phi) is 5.40. The van der Waals surface area contributed by atoms with Crippen molar-refractivity contribution in [3.8, 4) is 12.1 Å². The minimum absolute atomic E-state index is 0.0930. The lowest BCUT2D eigenvalue weighted by molar-refractivity contribution is 0.0693. The number of nitrogens with zero attached hydrogens (tertiary/aromatic N) is 2. The summed E-state index contributed by atoms with van der Waals surface area (Å²) in [7, 11) is 0. The highest BCUT2D eigenvalue weighted by Crippen LogP contribution is 2.32. The maximum Gasteiger partial charge on any atom is 0.336 e. The molecule has 2 N–H and O–H groups in total. The van der Waals surface area contributed by atoms with Gasteiger partial charge in [-0.3, -0.25) is 0 Å². The molecule has 2 rings (SSSR count). The summed E-state index contributed by atoms with van der Waals surface area (Å²) in [4.78, 5) is 13.0. The maximum absolute atomic E-state index is 11.5. The largest absolute Gasteiger partial charge is 0.478 e. The molecular formula is C17H11N3O2S. The van der Waals surface area contributed by atoms with Crippen molar-refractivity contribution < 1.29 is 9.90 Å². The van der Waals surface area contributed by atoms with E-state index in [-0.39, 0.29) is 11.1 Å². The molecule has 0 aliphatic carbocycles. The average molecular weight is 321 g/mol. The highest BCUT2D eigenvalue weighted by Gasteiger charge is 2.12. The van der Waals surface area contributed by atoms with Crippen LogP contribution < -0.4 is 5.32 Å². The number of benzene rings is 2. The zero-order valence-corrected chi connectivity index (χ0v) is 12.7. The van der Waals surface area contributed by atoms with E-state index in [0.29, 0.717) is 10.6 Å². The molecule has 0 heterocycles. The van der Waals surface area contributed by atoms with Crippen molar-refractivity contribution in [3.05, 3.63) is 65.9 Å². The molecule has 112 valence electrons. The summed E-state index contributed by atoms with van der Waals surface area (Å²) in [5.41, 5.74) is 0.542. The van der Waals surface area contributed by atoms with Crippen molar-refractivity contribution in [1.29, 1.82) is 10.5 Å². The summed E-state index contributed by atoms with van der Waals surface area (Å²) >= 11 is 1.36. The van der Waals surface area contributed by atoms with Gasteiger partial charge >= 0.3 is 5.97 Å². The van der Waals surface area contributed by atoms with Crippen LogP contribution in [0.3, 0.4) is 0 Å². The fourth-order valence-electron chi connectivity index (χ4n) is 1.74. The second-order valence-electron chi connectivity index (χ2n) is 4.36. The van der Waals surface area contributed by atoms with Crippen molar-refractivity contribution >= 4 is 23.4 Å². The van der Waals surface area contributed by atoms with Gasteiger partial charge < -0.3 is 10.4 Å². The highest BCUT2D eigenvalue weighted by atomic mass is 32.2. The standard InChI is InChI=1S/C17H11N3O2S/c18-9-12(10-19)11-20-13-6-7-16(15(8-13)17(21)22)23-14-4-2-1-3-5-14/h1-8,11,20H,(H,21,22). The summed E-state index contributed by atoms with van der Waals surface area (Å²) in [6.45, 7) is 0. The Hall–Kier alpha value is -3.22. The molecule has 0 aliphatic rings. The lowest BCUT2D eigenvalue weighted by atomic mass is 10.2. The number of carbonyl (C=O) groups is 1. The van der Waals surface area contributed by atoms with Crippen LogP contribution in [0, 0.1) is 22.7 Å². The second-order valence-corrected chi connectivity index (χ2v) is 5.47. The number of rotatable bonds is 5. The smallest absolute Gasteiger partial charge is 0.336 e. The number of carboxylic acid groups (broad SMARTS) is 1. The number of anilines is 1. The first-order valence-electron chi connectivity index (χ1n) is 6.51. The molecule has 2 aromatic carbocycles. The minimum Gasteiger partial charge on any atom is -0.478 e. The molecule has 0 fully saturated rings. The summed E-state index contributed by atoms with van der Waals surface area (Å²) in [6, 6.07) is 17.8. The van der Waals surface area contributed by atoms with Gasteiger partial charge in [-0.05, 0) is 30.3 Å². The van der Waals surface area contributed by atoms with Gasteiger partial charge in [-0.15, -0.1) is 0 Å². The van der Waals surface area contributed by atoms with Crippen LogP contribution in [0.1, 0.15) is 10.4 Å². The third kappa shape index (κ3) is 4.37. The van der Waals surface area contributed by atoms with Crippen LogP contribution in [0.2, 0.25) is 0 Å². The lowest BCUT2D eigenvalue weighted by Crippen LogP contribution is -2.00. The molecule has 23 heavy (non-hydrogen) atoms. The van der Waals surface area contributed by atoms with Crippen LogP contribution in [-0.4, -0.2) is 11.1 Å². The molecule has 0 aliphatic heterocycles. The van der Waals surface area contributed by atoms with Crippen LogP contribution in [0.15, 0.2) is 70.1 Å². The van der Waals surface area contributed by atoms with E-state index in [4.69, 9.17) is 10.5 Å². The molecule has 0 amide bonds. The van der Waals surface area contributed by atoms with Gasteiger partial charge in [0.25, 0.3) is 0 Å². The van der Waals surface area contributed by atoms with Gasteiger partial charge in [0.2, 0.25) is 0 Å². The van der Waals surface area contributed by atoms with Gasteiger partial charge in [0.05, 0.1) is 5.56 Å². The third-order valence-corrected chi connectivity index (χ3v) is 3.89. The molecule has 0 saturated heterocycles. The van der Waals surface area contributed by atoms with Gasteiger partial charge in [0, 0.05) is 21.7 Å². The van der Waals surface area contributed by atoms with E-state index in [9.17, 15) is 9.90 Å². The van der Waals surface area contributed by atoms with E-state index < -0.39 is 5.97 Å². The number of nitriles is 2. The normalized spacial score (nSPS) is 9.30. The lowest BCUT2D eigenvalue weighted by Gasteiger charge is -2.08. The predicted octanol–water partition coefficient (Wildman–Crippen LogP) is 3.88. The Bertz CT molecular complexity index is 817. The molecule has 6 heteroatoms. The summed E-state index contributed by atoms with van der Waals surface area (Å²) in [6.07, 6.45) is 1.24. The molecule has 2 aromatic rings. The predicted molar refractivity (Wildman–Crippen MR) is 86.9 cm³/mol. The molecular weight excluding hydrogens is 310 g/mol. The van der Waals surface area contributed by atoms with Crippen LogP contribution >= 0.6 is 11.8 Å². The van der Waals surface area contributed by atoms with Gasteiger partial charge in [0.15, 0.2) is 0 Å². The van der Waals surface area contributed by atoms with E-state index in [0.717, 1.165) is 4.90 Å². The van der Waals surface area contributed by atoms with E-state index in [1.54, 1.807) is 24.3 Å². The number of allylic oxidation sites excluding steroid dienone is 1. The molecule has 0 spiro atoms. The van der Waals surface area contributed by atoms with Crippen molar-refractivity contribution in [1.82, 2.24) is 0 Å². The Morgan fingerprint density at radius 3 is 2.43 bits per heavy atom. The molecule has 0 unspecified atom stereocenters. The fraction of sp³-hybridized carbons (Fsp3) is 0. The van der Waals surface area contributed by atoms with E-state index in [1.807, 2.05) is 30.3 Å². The van der Waals surface area contributed by atoms with E-state index in [2.05, 4.69) is 5.32 Å². The number of hydrogen-bond donors (Lipinski definition) is 2. The minimum atomic E-state index is -1.04. The van der Waals surface area contributed by atoms with Gasteiger partial charge in [0.1, 0.15) is 17.7 Å². The van der Waals surface area contributed by atoms with Crippen molar-refractivity contribution in [2.45, 2.75) is 9.79 Å². The molecule has 0 radical (unpaired) electrons. The first-order chi connectivity index (χ1) is 11.1. The topological polar surface area (TPSA) is 96.9 Å². The van der Waals surface area contributed by atoms with Crippen LogP contribution in [0.4, 0.5) is 5.69 Å². The Morgan fingerprint density at radius 1 is 1.13 bits per heavy atom. The highest BCUT2D eigenvalue weighted by molar-refractivity contribution is 7.99. The van der Waals surface area contributed by atoms with Crippen LogP contribution in [-0.2, 0) is 0 Å². The number of nitrogens with one attached hydrogen (secondary N) is 1. The zero-order chi connectivity index (χ0) is 16.7. The first-order valence-corrected chi connectivity index (χ1v) is 7.33.